The van der Waals surface area contributed by atoms with Gasteiger partial charge in [-0.3, -0.25) is 0 Å². The zero-order valence-corrected chi connectivity index (χ0v) is 12.2. The fourth-order valence-corrected chi connectivity index (χ4v) is 2.43. The molecule has 22 heavy (non-hydrogen) atoms. The molecule has 0 saturated carbocycles. The van der Waals surface area contributed by atoms with E-state index >= 15 is 0 Å². The van der Waals surface area contributed by atoms with Crippen molar-refractivity contribution in [2.24, 2.45) is 0 Å². The van der Waals surface area contributed by atoms with Crippen LogP contribution < -0.4 is 9.47 Å². The average Bonchev–Trinajstić information content (AvgIpc) is 2.59. The maximum absolute atomic E-state index is 8.93. The summed E-state index contributed by atoms with van der Waals surface area (Å²) in [4.78, 5) is 0. The minimum Gasteiger partial charge on any atom is -0.493 e. The van der Waals surface area contributed by atoms with E-state index in [1.165, 1.54) is 10.8 Å². The van der Waals surface area contributed by atoms with E-state index in [1.807, 2.05) is 18.2 Å². The highest BCUT2D eigenvalue weighted by Gasteiger charge is 2.07. The number of fused-ring (bicyclic) bond motifs is 1. The number of nitrogens with zero attached hydrogens (tertiary/aromatic N) is 1. The largest absolute Gasteiger partial charge is 0.493 e. The van der Waals surface area contributed by atoms with Crippen LogP contribution in [0.1, 0.15) is 11.1 Å². The molecule has 0 aliphatic carbocycles. The van der Waals surface area contributed by atoms with Crippen LogP contribution in [0, 0.1) is 11.3 Å². The van der Waals surface area contributed by atoms with Gasteiger partial charge in [0.25, 0.3) is 0 Å². The van der Waals surface area contributed by atoms with E-state index in [0.717, 1.165) is 5.56 Å². The van der Waals surface area contributed by atoms with Crippen LogP contribution in [0.2, 0.25) is 0 Å². The lowest BCUT2D eigenvalue weighted by Gasteiger charge is -2.12. The number of hydrogen-bond acceptors (Lipinski definition) is 3. The molecule has 0 aliphatic heterocycles. The van der Waals surface area contributed by atoms with Gasteiger partial charge in [-0.1, -0.05) is 42.5 Å². The van der Waals surface area contributed by atoms with E-state index in [0.29, 0.717) is 23.7 Å². The Balaban J connectivity index is 1.87. The number of rotatable bonds is 4. The van der Waals surface area contributed by atoms with Gasteiger partial charge in [-0.15, -0.1) is 0 Å². The number of nitriles is 1. The normalized spacial score (nSPS) is 10.2. The van der Waals surface area contributed by atoms with Crippen LogP contribution in [0.5, 0.6) is 11.5 Å². The number of methoxy groups -OCH3 is 1. The quantitative estimate of drug-likeness (QED) is 0.719. The first-order chi connectivity index (χ1) is 10.8. The van der Waals surface area contributed by atoms with Gasteiger partial charge in [0, 0.05) is 6.07 Å². The molecule has 3 heteroatoms. The first kappa shape index (κ1) is 14.0. The van der Waals surface area contributed by atoms with Crippen LogP contribution in [0.4, 0.5) is 0 Å². The Morgan fingerprint density at radius 2 is 1.77 bits per heavy atom. The van der Waals surface area contributed by atoms with Crippen molar-refractivity contribution in [2.45, 2.75) is 6.61 Å². The molecule has 3 nitrogen and oxygen atoms in total. The molecule has 0 aliphatic rings. The lowest BCUT2D eigenvalue weighted by atomic mass is 10.1. The van der Waals surface area contributed by atoms with Gasteiger partial charge in [0.05, 0.1) is 18.7 Å². The second kappa shape index (κ2) is 6.19. The molecule has 3 rings (SSSR count). The Morgan fingerprint density at radius 1 is 0.955 bits per heavy atom. The van der Waals surface area contributed by atoms with E-state index in [1.54, 1.807) is 25.3 Å². The van der Waals surface area contributed by atoms with Crippen LogP contribution in [-0.4, -0.2) is 7.11 Å². The summed E-state index contributed by atoms with van der Waals surface area (Å²) in [5.41, 5.74) is 1.67. The molecule has 108 valence electrons. The lowest BCUT2D eigenvalue weighted by Crippen LogP contribution is -1.98. The van der Waals surface area contributed by atoms with E-state index in [2.05, 4.69) is 30.3 Å². The summed E-state index contributed by atoms with van der Waals surface area (Å²) in [5.74, 6) is 1.20. The molecular formula is C19H15NO2. The third kappa shape index (κ3) is 2.72. The summed E-state index contributed by atoms with van der Waals surface area (Å²) >= 11 is 0. The lowest BCUT2D eigenvalue weighted by molar-refractivity contribution is 0.285. The van der Waals surface area contributed by atoms with Crippen LogP contribution in [0.25, 0.3) is 10.8 Å². The molecule has 0 bridgehead atoms. The highest BCUT2D eigenvalue weighted by atomic mass is 16.5. The number of benzene rings is 3. The summed E-state index contributed by atoms with van der Waals surface area (Å²) in [6.45, 7) is 0.448. The summed E-state index contributed by atoms with van der Waals surface area (Å²) in [5, 5.41) is 11.3. The van der Waals surface area contributed by atoms with E-state index < -0.39 is 0 Å². The summed E-state index contributed by atoms with van der Waals surface area (Å²) in [6.07, 6.45) is 0. The SMILES string of the molecule is COc1cc(C#N)ccc1OCc1cccc2ccccc12. The molecule has 0 radical (unpaired) electrons. The Kier molecular flexibility index (Phi) is 3.93. The molecule has 0 spiro atoms. The van der Waals surface area contributed by atoms with Crippen LogP contribution in [0.15, 0.2) is 60.7 Å². The predicted octanol–water partition coefficient (Wildman–Crippen LogP) is 4.30. The molecule has 0 atom stereocenters. The summed E-state index contributed by atoms with van der Waals surface area (Å²) in [6, 6.07) is 21.6. The highest BCUT2D eigenvalue weighted by Crippen LogP contribution is 2.29. The van der Waals surface area contributed by atoms with Gasteiger partial charge in [0.1, 0.15) is 6.61 Å². The average molecular weight is 289 g/mol. The first-order valence-electron chi connectivity index (χ1n) is 6.99. The molecule has 0 aromatic heterocycles. The molecule has 0 amide bonds. The second-order valence-electron chi connectivity index (χ2n) is 4.90. The summed E-state index contributed by atoms with van der Waals surface area (Å²) in [7, 11) is 1.57. The second-order valence-corrected chi connectivity index (χ2v) is 4.90. The molecular weight excluding hydrogens is 274 g/mol. The third-order valence-electron chi connectivity index (χ3n) is 3.56. The van der Waals surface area contributed by atoms with Gasteiger partial charge >= 0.3 is 0 Å². The zero-order chi connectivity index (χ0) is 15.4. The standard InChI is InChI=1S/C19H15NO2/c1-21-19-11-14(12-20)9-10-18(19)22-13-16-7-4-6-15-5-2-3-8-17(15)16/h2-11H,13H2,1H3. The predicted molar refractivity (Wildman–Crippen MR) is 86.0 cm³/mol. The fourth-order valence-electron chi connectivity index (χ4n) is 2.43. The topological polar surface area (TPSA) is 42.2 Å². The van der Waals surface area contributed by atoms with Gasteiger partial charge in [-0.25, -0.2) is 0 Å². The van der Waals surface area contributed by atoms with Crippen molar-refractivity contribution < 1.29 is 9.47 Å². The van der Waals surface area contributed by atoms with Crippen molar-refractivity contribution in [3.05, 3.63) is 71.8 Å². The van der Waals surface area contributed by atoms with Crippen LogP contribution >= 0.6 is 0 Å². The van der Waals surface area contributed by atoms with E-state index in [-0.39, 0.29) is 0 Å². The molecule has 0 heterocycles. The van der Waals surface area contributed by atoms with Gasteiger partial charge in [-0.2, -0.15) is 5.26 Å². The monoisotopic (exact) mass is 289 g/mol. The number of ether oxygens (including phenoxy) is 2. The van der Waals surface area contributed by atoms with Crippen LogP contribution in [-0.2, 0) is 6.61 Å². The Hall–Kier alpha value is -2.99. The van der Waals surface area contributed by atoms with Gasteiger partial charge in [0.15, 0.2) is 11.5 Å². The smallest absolute Gasteiger partial charge is 0.162 e. The summed E-state index contributed by atoms with van der Waals surface area (Å²) < 4.78 is 11.2. The first-order valence-corrected chi connectivity index (χ1v) is 6.99. The molecule has 0 unspecified atom stereocenters. The van der Waals surface area contributed by atoms with Crippen molar-refractivity contribution in [3.8, 4) is 17.6 Å². The van der Waals surface area contributed by atoms with Crippen molar-refractivity contribution in [1.82, 2.24) is 0 Å². The maximum atomic E-state index is 8.93. The minimum atomic E-state index is 0.448. The van der Waals surface area contributed by atoms with Crippen molar-refractivity contribution in [1.29, 1.82) is 5.26 Å². The Morgan fingerprint density at radius 3 is 2.59 bits per heavy atom. The van der Waals surface area contributed by atoms with Crippen molar-refractivity contribution >= 4 is 10.8 Å². The molecule has 0 saturated heterocycles. The minimum absolute atomic E-state index is 0.448. The van der Waals surface area contributed by atoms with E-state index in [9.17, 15) is 0 Å². The molecule has 0 N–H and O–H groups in total. The fraction of sp³-hybridized carbons (Fsp3) is 0.105. The van der Waals surface area contributed by atoms with Crippen molar-refractivity contribution in [3.63, 3.8) is 0 Å². The third-order valence-corrected chi connectivity index (χ3v) is 3.56. The number of hydrogen-bond donors (Lipinski definition) is 0. The van der Waals surface area contributed by atoms with Gasteiger partial charge < -0.3 is 9.47 Å². The van der Waals surface area contributed by atoms with E-state index in [4.69, 9.17) is 14.7 Å². The Bertz CT molecular complexity index is 844. The molecule has 0 fully saturated rings. The van der Waals surface area contributed by atoms with Crippen LogP contribution in [0.3, 0.4) is 0 Å². The zero-order valence-electron chi connectivity index (χ0n) is 12.2. The molecule has 3 aromatic rings. The van der Waals surface area contributed by atoms with Gasteiger partial charge in [0.2, 0.25) is 0 Å². The van der Waals surface area contributed by atoms with Crippen molar-refractivity contribution in [2.75, 3.05) is 7.11 Å². The Labute approximate surface area is 129 Å². The van der Waals surface area contributed by atoms with Gasteiger partial charge in [-0.05, 0) is 28.5 Å². The highest BCUT2D eigenvalue weighted by molar-refractivity contribution is 5.85. The maximum Gasteiger partial charge on any atom is 0.162 e. The molecule has 3 aromatic carbocycles.